The van der Waals surface area contributed by atoms with Crippen LogP contribution >= 0.6 is 0 Å². The van der Waals surface area contributed by atoms with E-state index in [9.17, 15) is 9.59 Å². The molecular formula is C16H28O4Zn. The van der Waals surface area contributed by atoms with Gasteiger partial charge >= 0.3 is 0 Å². The Morgan fingerprint density at radius 2 is 1.05 bits per heavy atom. The summed E-state index contributed by atoms with van der Waals surface area (Å²) in [6, 6.07) is 0. The van der Waals surface area contributed by atoms with Crippen LogP contribution in [0.3, 0.4) is 0 Å². The summed E-state index contributed by atoms with van der Waals surface area (Å²) in [4.78, 5) is 20.8. The third kappa shape index (κ3) is 24.4. The van der Waals surface area contributed by atoms with Crippen LogP contribution in [0.1, 0.15) is 54.4 Å². The maximum absolute atomic E-state index is 10.4. The number of carbonyl (C=O) groups excluding carboxylic acids is 2. The molecule has 0 radical (unpaired) electrons. The van der Waals surface area contributed by atoms with E-state index in [4.69, 9.17) is 10.2 Å². The first-order valence-electron chi connectivity index (χ1n) is 6.84. The average Bonchev–Trinajstić information content (AvgIpc) is 2.11. The quantitative estimate of drug-likeness (QED) is 0.429. The molecule has 0 spiro atoms. The van der Waals surface area contributed by atoms with E-state index in [0.29, 0.717) is 24.7 Å². The molecule has 5 heteroatoms. The van der Waals surface area contributed by atoms with Gasteiger partial charge in [-0.25, -0.2) is 0 Å². The summed E-state index contributed by atoms with van der Waals surface area (Å²) in [6.45, 7) is 10.8. The van der Waals surface area contributed by atoms with Crippen LogP contribution < -0.4 is 0 Å². The number of aliphatic hydroxyl groups excluding tert-OH is 2. The molecular weight excluding hydrogens is 322 g/mol. The Bertz CT molecular complexity index is 332. The van der Waals surface area contributed by atoms with Gasteiger partial charge in [0.05, 0.1) is 11.5 Å². The predicted molar refractivity (Wildman–Crippen MR) is 81.7 cm³/mol. The van der Waals surface area contributed by atoms with Crippen LogP contribution in [0.2, 0.25) is 0 Å². The molecule has 21 heavy (non-hydrogen) atoms. The first kappa shape index (κ1) is 25.0. The van der Waals surface area contributed by atoms with Gasteiger partial charge in [-0.15, -0.1) is 0 Å². The molecule has 0 amide bonds. The topological polar surface area (TPSA) is 74.6 Å². The van der Waals surface area contributed by atoms with Gasteiger partial charge in [-0.05, 0) is 25.7 Å². The molecule has 0 unspecified atom stereocenters. The molecule has 0 fully saturated rings. The molecule has 0 rings (SSSR count). The fraction of sp³-hybridized carbons (Fsp3) is 0.625. The normalized spacial score (nSPS) is 11.6. The minimum Gasteiger partial charge on any atom is -0.512 e. The number of hydrogen-bond acceptors (Lipinski definition) is 4. The van der Waals surface area contributed by atoms with Crippen LogP contribution in [0.25, 0.3) is 0 Å². The fourth-order valence-electron chi connectivity index (χ4n) is 1.42. The fourth-order valence-corrected chi connectivity index (χ4v) is 1.42. The van der Waals surface area contributed by atoms with Crippen molar-refractivity contribution in [3.05, 3.63) is 23.7 Å². The van der Waals surface area contributed by atoms with Gasteiger partial charge in [0.2, 0.25) is 0 Å². The van der Waals surface area contributed by atoms with E-state index in [1.165, 1.54) is 26.0 Å². The Kier molecular flexibility index (Phi) is 16.7. The van der Waals surface area contributed by atoms with Crippen LogP contribution in [0.5, 0.6) is 0 Å². The van der Waals surface area contributed by atoms with Gasteiger partial charge in [0.25, 0.3) is 0 Å². The molecule has 0 aromatic carbocycles. The van der Waals surface area contributed by atoms with Crippen molar-refractivity contribution in [1.82, 2.24) is 0 Å². The Morgan fingerprint density at radius 1 is 0.810 bits per heavy atom. The number of ketones is 2. The second-order valence-electron chi connectivity index (χ2n) is 5.69. The Balaban J connectivity index is -0.000000295. The summed E-state index contributed by atoms with van der Waals surface area (Å²) in [5, 5.41) is 18.1. The van der Waals surface area contributed by atoms with Gasteiger partial charge in [0, 0.05) is 44.5 Å². The predicted octanol–water partition coefficient (Wildman–Crippen LogP) is 4.12. The Labute approximate surface area is 141 Å². The molecule has 0 bridgehead atoms. The zero-order valence-electron chi connectivity index (χ0n) is 14.1. The molecule has 0 saturated carbocycles. The molecule has 4 nitrogen and oxygen atoms in total. The van der Waals surface area contributed by atoms with Crippen molar-refractivity contribution in [3.8, 4) is 0 Å². The van der Waals surface area contributed by atoms with Gasteiger partial charge < -0.3 is 10.2 Å². The molecule has 0 aromatic heterocycles. The van der Waals surface area contributed by atoms with E-state index in [-0.39, 0.29) is 42.6 Å². The standard InChI is InChI=1S/2C8H14O2.Zn/c2*1-6(2)4-8(10)5-7(3)9;/h2*5-6,10H,4H2,1-3H3;. The van der Waals surface area contributed by atoms with Crippen molar-refractivity contribution >= 4 is 11.6 Å². The van der Waals surface area contributed by atoms with Gasteiger partial charge in [-0.2, -0.15) is 0 Å². The molecule has 0 aliphatic rings. The molecule has 0 heterocycles. The maximum Gasteiger partial charge on any atom is 0.155 e. The molecule has 0 aromatic rings. The van der Waals surface area contributed by atoms with E-state index in [1.54, 1.807) is 0 Å². The van der Waals surface area contributed by atoms with Crippen molar-refractivity contribution in [2.45, 2.75) is 54.4 Å². The van der Waals surface area contributed by atoms with Gasteiger partial charge in [0.15, 0.2) is 11.6 Å². The molecule has 0 saturated heterocycles. The smallest absolute Gasteiger partial charge is 0.155 e. The van der Waals surface area contributed by atoms with Crippen molar-refractivity contribution < 1.29 is 39.3 Å². The van der Waals surface area contributed by atoms with Crippen LogP contribution in [0.15, 0.2) is 23.7 Å². The van der Waals surface area contributed by atoms with Crippen LogP contribution in [-0.2, 0) is 29.1 Å². The monoisotopic (exact) mass is 348 g/mol. The van der Waals surface area contributed by atoms with Crippen molar-refractivity contribution in [1.29, 1.82) is 0 Å². The van der Waals surface area contributed by atoms with E-state index >= 15 is 0 Å². The molecule has 2 N–H and O–H groups in total. The number of hydrogen-bond donors (Lipinski definition) is 2. The Morgan fingerprint density at radius 3 is 1.19 bits per heavy atom. The number of carbonyl (C=O) groups is 2. The maximum atomic E-state index is 10.4. The number of aliphatic hydroxyl groups is 2. The second-order valence-corrected chi connectivity index (χ2v) is 5.69. The number of rotatable bonds is 6. The number of allylic oxidation sites excluding steroid dienone is 4. The van der Waals surface area contributed by atoms with Crippen molar-refractivity contribution in [2.24, 2.45) is 11.8 Å². The van der Waals surface area contributed by atoms with Gasteiger partial charge in [-0.1, -0.05) is 27.7 Å². The van der Waals surface area contributed by atoms with Crippen LogP contribution in [-0.4, -0.2) is 21.8 Å². The first-order valence-corrected chi connectivity index (χ1v) is 6.84. The third-order valence-electron chi connectivity index (χ3n) is 1.97. The van der Waals surface area contributed by atoms with Crippen LogP contribution in [0.4, 0.5) is 0 Å². The zero-order chi connectivity index (χ0) is 16.3. The summed E-state index contributed by atoms with van der Waals surface area (Å²) in [5.74, 6) is 0.965. The molecule has 118 valence electrons. The summed E-state index contributed by atoms with van der Waals surface area (Å²) in [5.41, 5.74) is 0. The summed E-state index contributed by atoms with van der Waals surface area (Å²) >= 11 is 0. The zero-order valence-corrected chi connectivity index (χ0v) is 17.1. The van der Waals surface area contributed by atoms with E-state index in [0.717, 1.165) is 0 Å². The summed E-state index contributed by atoms with van der Waals surface area (Å²) in [7, 11) is 0. The van der Waals surface area contributed by atoms with E-state index in [2.05, 4.69) is 0 Å². The minimum absolute atomic E-state index is 0. The van der Waals surface area contributed by atoms with E-state index < -0.39 is 0 Å². The molecule has 0 aliphatic heterocycles. The SMILES string of the molecule is CC(=O)C=C(O)CC(C)C.CC(=O)C=C(O)CC(C)C.[Zn]. The average molecular weight is 350 g/mol. The molecule has 0 atom stereocenters. The largest absolute Gasteiger partial charge is 0.512 e. The van der Waals surface area contributed by atoms with Crippen molar-refractivity contribution in [3.63, 3.8) is 0 Å². The summed E-state index contributed by atoms with van der Waals surface area (Å²) < 4.78 is 0. The van der Waals surface area contributed by atoms with Gasteiger partial charge in [0.1, 0.15) is 0 Å². The van der Waals surface area contributed by atoms with Crippen LogP contribution in [0, 0.1) is 11.8 Å². The third-order valence-corrected chi connectivity index (χ3v) is 1.97. The van der Waals surface area contributed by atoms with E-state index in [1.807, 2.05) is 27.7 Å². The second kappa shape index (κ2) is 14.0. The van der Waals surface area contributed by atoms with Gasteiger partial charge in [-0.3, -0.25) is 9.59 Å². The van der Waals surface area contributed by atoms with Crippen molar-refractivity contribution in [2.75, 3.05) is 0 Å². The summed E-state index contributed by atoms with van der Waals surface area (Å²) in [6.07, 6.45) is 3.69. The molecule has 0 aliphatic carbocycles. The Hall–Kier alpha value is -0.957. The first-order chi connectivity index (χ1) is 9.04. The minimum atomic E-state index is -0.0989.